The van der Waals surface area contributed by atoms with Crippen LogP contribution in [-0.4, -0.2) is 39.7 Å². The molecule has 1 aromatic heterocycles. The lowest BCUT2D eigenvalue weighted by Gasteiger charge is -2.23. The summed E-state index contributed by atoms with van der Waals surface area (Å²) in [6.45, 7) is 4.55. The number of aromatic nitrogens is 2. The molecule has 1 heterocycles. The van der Waals surface area contributed by atoms with Crippen molar-refractivity contribution < 1.29 is 22.7 Å². The van der Waals surface area contributed by atoms with Crippen molar-refractivity contribution in [3.63, 3.8) is 0 Å². The Labute approximate surface area is 156 Å². The molecule has 2 rings (SSSR count). The molecular weight excluding hydrogens is 359 g/mol. The Morgan fingerprint density at radius 1 is 1.30 bits per heavy atom. The number of likely N-dealkylation sites (N-methyl/N-ethyl adjacent to an activating group) is 1. The molecule has 0 N–H and O–H groups in total. The van der Waals surface area contributed by atoms with Gasteiger partial charge in [-0.05, 0) is 30.5 Å². The summed E-state index contributed by atoms with van der Waals surface area (Å²) in [4.78, 5) is 17.8. The Kier molecular flexibility index (Phi) is 6.51. The summed E-state index contributed by atoms with van der Waals surface area (Å²) in [5, 5.41) is 0. The maximum atomic E-state index is 12.6. The molecule has 0 aliphatic rings. The Morgan fingerprint density at radius 3 is 2.63 bits per heavy atom. The lowest BCUT2D eigenvalue weighted by Crippen LogP contribution is -2.38. The first-order valence-electron chi connectivity index (χ1n) is 8.65. The predicted molar refractivity (Wildman–Crippen MR) is 95.4 cm³/mol. The SMILES string of the molecule is CC(Oc1cccc(C(C)C)c1)C(=O)N(C)Cc1nccn1CC(F)(F)F. The lowest BCUT2D eigenvalue weighted by atomic mass is 10.0. The number of hydrogen-bond donors (Lipinski definition) is 0. The van der Waals surface area contributed by atoms with Crippen LogP contribution in [0.25, 0.3) is 0 Å². The molecule has 0 aliphatic carbocycles. The fourth-order valence-corrected chi connectivity index (χ4v) is 2.63. The van der Waals surface area contributed by atoms with Gasteiger partial charge in [0.15, 0.2) is 6.10 Å². The zero-order valence-corrected chi connectivity index (χ0v) is 15.8. The monoisotopic (exact) mass is 383 g/mol. The third kappa shape index (κ3) is 6.01. The molecule has 148 valence electrons. The second kappa shape index (κ2) is 8.45. The molecule has 0 saturated heterocycles. The van der Waals surface area contributed by atoms with Crippen molar-refractivity contribution in [2.24, 2.45) is 0 Å². The molecule has 0 aliphatic heterocycles. The Morgan fingerprint density at radius 2 is 2.00 bits per heavy atom. The standard InChI is InChI=1S/C19H24F3N3O2/c1-13(2)15-6-5-7-16(10-15)27-14(3)18(26)24(4)11-17-23-8-9-25(17)12-19(20,21)22/h5-10,13-14H,11-12H2,1-4H3. The fraction of sp³-hybridized carbons (Fsp3) is 0.474. The van der Waals surface area contributed by atoms with Gasteiger partial charge in [-0.2, -0.15) is 13.2 Å². The quantitative estimate of drug-likeness (QED) is 0.726. The summed E-state index contributed by atoms with van der Waals surface area (Å²) in [6.07, 6.45) is -2.59. The number of alkyl halides is 3. The van der Waals surface area contributed by atoms with Crippen LogP contribution in [0, 0.1) is 0 Å². The molecule has 0 saturated carbocycles. The van der Waals surface area contributed by atoms with Crippen molar-refractivity contribution >= 4 is 5.91 Å². The van der Waals surface area contributed by atoms with Gasteiger partial charge in [-0.1, -0.05) is 26.0 Å². The number of halogens is 3. The summed E-state index contributed by atoms with van der Waals surface area (Å²) in [6, 6.07) is 7.49. The zero-order chi connectivity index (χ0) is 20.2. The van der Waals surface area contributed by atoms with Gasteiger partial charge >= 0.3 is 6.18 Å². The van der Waals surface area contributed by atoms with Crippen molar-refractivity contribution in [2.45, 2.75) is 52.1 Å². The third-order valence-corrected chi connectivity index (χ3v) is 4.09. The van der Waals surface area contributed by atoms with Gasteiger partial charge in [0, 0.05) is 19.4 Å². The number of imidazole rings is 1. The van der Waals surface area contributed by atoms with Crippen LogP contribution >= 0.6 is 0 Å². The van der Waals surface area contributed by atoms with Gasteiger partial charge < -0.3 is 14.2 Å². The third-order valence-electron chi connectivity index (χ3n) is 4.09. The van der Waals surface area contributed by atoms with E-state index >= 15 is 0 Å². The highest BCUT2D eigenvalue weighted by Crippen LogP contribution is 2.22. The maximum absolute atomic E-state index is 12.6. The highest BCUT2D eigenvalue weighted by molar-refractivity contribution is 5.80. The normalized spacial score (nSPS) is 12.9. The number of rotatable bonds is 7. The number of carbonyl (C=O) groups excluding carboxylic acids is 1. The van der Waals surface area contributed by atoms with Gasteiger partial charge in [-0.15, -0.1) is 0 Å². The van der Waals surface area contributed by atoms with E-state index in [0.717, 1.165) is 10.1 Å². The molecule has 0 bridgehead atoms. The molecule has 0 radical (unpaired) electrons. The Balaban J connectivity index is 2.01. The van der Waals surface area contributed by atoms with Crippen molar-refractivity contribution in [2.75, 3.05) is 7.05 Å². The fourth-order valence-electron chi connectivity index (χ4n) is 2.63. The minimum absolute atomic E-state index is 0.0400. The summed E-state index contributed by atoms with van der Waals surface area (Å²) in [5.41, 5.74) is 1.09. The van der Waals surface area contributed by atoms with E-state index in [9.17, 15) is 18.0 Å². The first kappa shape index (κ1) is 20.8. The first-order chi connectivity index (χ1) is 12.6. The van der Waals surface area contributed by atoms with Gasteiger partial charge in [-0.25, -0.2) is 4.98 Å². The van der Waals surface area contributed by atoms with Gasteiger partial charge in [-0.3, -0.25) is 4.79 Å². The molecule has 8 heteroatoms. The smallest absolute Gasteiger partial charge is 0.406 e. The molecule has 1 aromatic carbocycles. The van der Waals surface area contributed by atoms with Crippen LogP contribution in [0.5, 0.6) is 5.75 Å². The highest BCUT2D eigenvalue weighted by Gasteiger charge is 2.29. The molecule has 5 nitrogen and oxygen atoms in total. The van der Waals surface area contributed by atoms with E-state index in [2.05, 4.69) is 18.8 Å². The van der Waals surface area contributed by atoms with Crippen molar-refractivity contribution in [3.05, 3.63) is 48.0 Å². The van der Waals surface area contributed by atoms with Crippen LogP contribution in [0.2, 0.25) is 0 Å². The van der Waals surface area contributed by atoms with Crippen molar-refractivity contribution in [1.82, 2.24) is 14.5 Å². The van der Waals surface area contributed by atoms with E-state index < -0.39 is 18.8 Å². The van der Waals surface area contributed by atoms with Crippen LogP contribution in [-0.2, 0) is 17.9 Å². The maximum Gasteiger partial charge on any atom is 0.406 e. The van der Waals surface area contributed by atoms with E-state index in [-0.39, 0.29) is 18.3 Å². The van der Waals surface area contributed by atoms with Crippen molar-refractivity contribution in [3.8, 4) is 5.75 Å². The van der Waals surface area contributed by atoms with Gasteiger partial charge in [0.05, 0.1) is 6.54 Å². The van der Waals surface area contributed by atoms with Crippen LogP contribution in [0.3, 0.4) is 0 Å². The zero-order valence-electron chi connectivity index (χ0n) is 15.8. The summed E-state index contributed by atoms with van der Waals surface area (Å²) in [5.74, 6) is 0.729. The largest absolute Gasteiger partial charge is 0.481 e. The van der Waals surface area contributed by atoms with E-state index in [1.807, 2.05) is 18.2 Å². The minimum atomic E-state index is -4.35. The predicted octanol–water partition coefficient (Wildman–Crippen LogP) is 3.99. The highest BCUT2D eigenvalue weighted by atomic mass is 19.4. The van der Waals surface area contributed by atoms with Gasteiger partial charge in [0.25, 0.3) is 5.91 Å². The molecule has 0 spiro atoms. The topological polar surface area (TPSA) is 47.4 Å². The molecule has 1 unspecified atom stereocenters. The molecule has 1 atom stereocenters. The Bertz CT molecular complexity index is 772. The van der Waals surface area contributed by atoms with Crippen LogP contribution in [0.15, 0.2) is 36.7 Å². The van der Waals surface area contributed by atoms with E-state index in [0.29, 0.717) is 11.7 Å². The second-order valence-corrected chi connectivity index (χ2v) is 6.77. The van der Waals surface area contributed by atoms with Gasteiger partial charge in [0.1, 0.15) is 18.1 Å². The number of nitrogens with zero attached hydrogens (tertiary/aromatic N) is 3. The average molecular weight is 383 g/mol. The van der Waals surface area contributed by atoms with Crippen molar-refractivity contribution in [1.29, 1.82) is 0 Å². The second-order valence-electron chi connectivity index (χ2n) is 6.77. The van der Waals surface area contributed by atoms with Crippen LogP contribution in [0.4, 0.5) is 13.2 Å². The summed E-state index contributed by atoms with van der Waals surface area (Å²) >= 11 is 0. The number of ether oxygens (including phenoxy) is 1. The van der Waals surface area contributed by atoms with E-state index in [1.165, 1.54) is 24.3 Å². The van der Waals surface area contributed by atoms with E-state index in [4.69, 9.17) is 4.74 Å². The summed E-state index contributed by atoms with van der Waals surface area (Å²) in [7, 11) is 1.51. The van der Waals surface area contributed by atoms with Gasteiger partial charge in [0.2, 0.25) is 0 Å². The number of benzene rings is 1. The average Bonchev–Trinajstić information content (AvgIpc) is 2.99. The summed E-state index contributed by atoms with van der Waals surface area (Å²) < 4.78 is 44.5. The first-order valence-corrected chi connectivity index (χ1v) is 8.65. The Hall–Kier alpha value is -2.51. The lowest BCUT2D eigenvalue weighted by molar-refractivity contribution is -0.141. The molecule has 0 fully saturated rings. The van der Waals surface area contributed by atoms with Crippen LogP contribution < -0.4 is 4.74 Å². The number of amides is 1. The van der Waals surface area contributed by atoms with Crippen LogP contribution in [0.1, 0.15) is 38.1 Å². The number of carbonyl (C=O) groups is 1. The molecule has 27 heavy (non-hydrogen) atoms. The molecule has 2 aromatic rings. The number of hydrogen-bond acceptors (Lipinski definition) is 3. The molecule has 1 amide bonds. The minimum Gasteiger partial charge on any atom is -0.481 e. The van der Waals surface area contributed by atoms with E-state index in [1.54, 1.807) is 13.0 Å². The molecular formula is C19H24F3N3O2.